The number of rotatable bonds is 7. The summed E-state index contributed by atoms with van der Waals surface area (Å²) in [5.74, 6) is 0.194. The fourth-order valence-corrected chi connectivity index (χ4v) is 5.36. The summed E-state index contributed by atoms with van der Waals surface area (Å²) >= 11 is 1.86. The van der Waals surface area contributed by atoms with E-state index in [2.05, 4.69) is 35.3 Å². The first-order valence-corrected chi connectivity index (χ1v) is 12.6. The molecule has 1 heterocycles. The topological polar surface area (TPSA) is 52.7 Å². The van der Waals surface area contributed by atoms with Gasteiger partial charge in [0.2, 0.25) is 5.91 Å². The Bertz CT molecular complexity index is 985. The number of nitrogens with zero attached hydrogens (tertiary/aromatic N) is 2. The number of hydrogen-bond donors (Lipinski definition) is 1. The van der Waals surface area contributed by atoms with Gasteiger partial charge < -0.3 is 10.2 Å². The summed E-state index contributed by atoms with van der Waals surface area (Å²) in [6.07, 6.45) is 5.48. The molecule has 32 heavy (non-hydrogen) atoms. The summed E-state index contributed by atoms with van der Waals surface area (Å²) in [5, 5.41) is 3.54. The summed E-state index contributed by atoms with van der Waals surface area (Å²) in [7, 11) is 0. The third-order valence-corrected chi connectivity index (χ3v) is 7.70. The van der Waals surface area contributed by atoms with Gasteiger partial charge in [0.25, 0.3) is 5.91 Å². The predicted octanol–water partition coefficient (Wildman–Crippen LogP) is 4.46. The van der Waals surface area contributed by atoms with Crippen LogP contribution >= 0.6 is 11.8 Å². The van der Waals surface area contributed by atoms with Crippen LogP contribution in [0.4, 0.5) is 5.69 Å². The highest BCUT2D eigenvalue weighted by Crippen LogP contribution is 2.37. The van der Waals surface area contributed by atoms with Crippen LogP contribution in [-0.2, 0) is 11.3 Å². The van der Waals surface area contributed by atoms with Crippen molar-refractivity contribution in [2.75, 3.05) is 18.0 Å². The molecule has 1 atom stereocenters. The van der Waals surface area contributed by atoms with E-state index >= 15 is 0 Å². The van der Waals surface area contributed by atoms with E-state index in [0.717, 1.165) is 56.4 Å². The van der Waals surface area contributed by atoms with E-state index in [0.29, 0.717) is 29.4 Å². The largest absolute Gasteiger partial charge is 0.349 e. The molecule has 3 aliphatic rings. The van der Waals surface area contributed by atoms with Crippen molar-refractivity contribution in [2.24, 2.45) is 0 Å². The number of carbonyl (C=O) groups excluding carboxylic acids is 2. The molecule has 6 heteroatoms. The summed E-state index contributed by atoms with van der Waals surface area (Å²) in [5.41, 5.74) is 2.91. The molecule has 0 aromatic heterocycles. The van der Waals surface area contributed by atoms with Gasteiger partial charge in [0.15, 0.2) is 0 Å². The first-order chi connectivity index (χ1) is 15.6. The van der Waals surface area contributed by atoms with Crippen LogP contribution in [0.5, 0.6) is 0 Å². The van der Waals surface area contributed by atoms with Gasteiger partial charge in [-0.25, -0.2) is 0 Å². The van der Waals surface area contributed by atoms with Gasteiger partial charge in [-0.2, -0.15) is 0 Å². The second-order valence-corrected chi connectivity index (χ2v) is 10.8. The molecule has 0 saturated heterocycles. The Hall–Kier alpha value is -2.31. The smallest absolute Gasteiger partial charge is 0.251 e. The first-order valence-electron chi connectivity index (χ1n) is 11.8. The molecule has 2 aromatic rings. The van der Waals surface area contributed by atoms with Crippen LogP contribution in [0, 0.1) is 0 Å². The van der Waals surface area contributed by atoms with Crippen LogP contribution in [0.1, 0.15) is 54.9 Å². The molecule has 2 amide bonds. The highest BCUT2D eigenvalue weighted by atomic mass is 32.2. The Morgan fingerprint density at radius 3 is 2.50 bits per heavy atom. The standard InChI is InChI=1S/C26H31N3O2S/c1-18-14-15-29(23-4-2-3-5-24(23)32-18)25(30)17-28(22-12-13-22)16-19-6-8-20(9-7-19)26(31)27-21-10-11-21/h2-9,18,21-22H,10-17H2,1H3,(H,27,31). The van der Waals surface area contributed by atoms with Crippen molar-refractivity contribution in [1.29, 1.82) is 0 Å². The number of amides is 2. The molecule has 2 aromatic carbocycles. The van der Waals surface area contributed by atoms with Crippen LogP contribution in [0.2, 0.25) is 0 Å². The second kappa shape index (κ2) is 9.28. The van der Waals surface area contributed by atoms with E-state index in [9.17, 15) is 9.59 Å². The first kappa shape index (κ1) is 21.5. The van der Waals surface area contributed by atoms with E-state index in [1.165, 1.54) is 4.90 Å². The third-order valence-electron chi connectivity index (χ3n) is 6.46. The maximum Gasteiger partial charge on any atom is 0.251 e. The zero-order valence-electron chi connectivity index (χ0n) is 18.6. The summed E-state index contributed by atoms with van der Waals surface area (Å²) in [4.78, 5) is 31.2. The molecule has 0 radical (unpaired) electrons. The highest BCUT2D eigenvalue weighted by Gasteiger charge is 2.33. The Kier molecular flexibility index (Phi) is 6.24. The number of benzene rings is 2. The van der Waals surface area contributed by atoms with Crippen LogP contribution in [0.25, 0.3) is 0 Å². The van der Waals surface area contributed by atoms with Crippen LogP contribution in [-0.4, -0.2) is 47.1 Å². The summed E-state index contributed by atoms with van der Waals surface area (Å²) in [6.45, 7) is 4.18. The summed E-state index contributed by atoms with van der Waals surface area (Å²) in [6, 6.07) is 17.0. The second-order valence-electron chi connectivity index (χ2n) is 9.31. The minimum atomic E-state index is 0.0141. The number of anilines is 1. The van der Waals surface area contributed by atoms with Crippen molar-refractivity contribution in [1.82, 2.24) is 10.2 Å². The van der Waals surface area contributed by atoms with E-state index in [1.54, 1.807) is 0 Å². The normalized spacial score (nSPS) is 20.6. The summed E-state index contributed by atoms with van der Waals surface area (Å²) < 4.78 is 0. The molecular weight excluding hydrogens is 418 g/mol. The fourth-order valence-electron chi connectivity index (χ4n) is 4.25. The minimum absolute atomic E-state index is 0.0141. The van der Waals surface area contributed by atoms with Crippen LogP contribution < -0.4 is 10.2 Å². The molecule has 0 bridgehead atoms. The number of hydrogen-bond acceptors (Lipinski definition) is 4. The Morgan fingerprint density at radius 2 is 1.78 bits per heavy atom. The zero-order valence-corrected chi connectivity index (χ0v) is 19.4. The highest BCUT2D eigenvalue weighted by molar-refractivity contribution is 8.00. The van der Waals surface area contributed by atoms with Gasteiger partial charge >= 0.3 is 0 Å². The number of nitrogens with one attached hydrogen (secondary N) is 1. The van der Waals surface area contributed by atoms with Crippen molar-refractivity contribution in [3.8, 4) is 0 Å². The maximum absolute atomic E-state index is 13.4. The monoisotopic (exact) mass is 449 g/mol. The number of carbonyl (C=O) groups is 2. The van der Waals surface area contributed by atoms with Gasteiger partial charge in [-0.05, 0) is 61.9 Å². The molecule has 2 aliphatic carbocycles. The Balaban J connectivity index is 1.26. The molecule has 2 saturated carbocycles. The van der Waals surface area contributed by atoms with E-state index in [-0.39, 0.29) is 11.8 Å². The molecule has 5 nitrogen and oxygen atoms in total. The lowest BCUT2D eigenvalue weighted by molar-refractivity contribution is -0.120. The minimum Gasteiger partial charge on any atom is -0.349 e. The van der Waals surface area contributed by atoms with Crippen molar-refractivity contribution in [3.05, 3.63) is 59.7 Å². The molecule has 2 fully saturated rings. The SMILES string of the molecule is CC1CCN(C(=O)CN(Cc2ccc(C(=O)NC3CC3)cc2)C2CC2)c2ccccc2S1. The zero-order chi connectivity index (χ0) is 22.1. The quantitative estimate of drug-likeness (QED) is 0.678. The van der Waals surface area contributed by atoms with Crippen molar-refractivity contribution in [3.63, 3.8) is 0 Å². The van der Waals surface area contributed by atoms with Crippen molar-refractivity contribution >= 4 is 29.3 Å². The number of fused-ring (bicyclic) bond motifs is 1. The molecule has 1 N–H and O–H groups in total. The lowest BCUT2D eigenvalue weighted by Gasteiger charge is -2.27. The van der Waals surface area contributed by atoms with Crippen molar-refractivity contribution < 1.29 is 9.59 Å². The molecule has 0 spiro atoms. The van der Waals surface area contributed by atoms with E-state index in [4.69, 9.17) is 0 Å². The molecule has 5 rings (SSSR count). The average Bonchev–Trinajstić information content (AvgIpc) is 3.68. The Morgan fingerprint density at radius 1 is 1.03 bits per heavy atom. The van der Waals surface area contributed by atoms with Gasteiger partial charge in [-0.3, -0.25) is 14.5 Å². The van der Waals surface area contributed by atoms with Gasteiger partial charge in [-0.15, -0.1) is 11.8 Å². The maximum atomic E-state index is 13.4. The van der Waals surface area contributed by atoms with Crippen LogP contribution in [0.3, 0.4) is 0 Å². The molecule has 1 aliphatic heterocycles. The van der Waals surface area contributed by atoms with Crippen LogP contribution in [0.15, 0.2) is 53.4 Å². The van der Waals surface area contributed by atoms with Gasteiger partial charge in [0.05, 0.1) is 12.2 Å². The van der Waals surface area contributed by atoms with Gasteiger partial charge in [0.1, 0.15) is 0 Å². The Labute approximate surface area is 194 Å². The predicted molar refractivity (Wildman–Crippen MR) is 129 cm³/mol. The molecular formula is C26H31N3O2S. The fraction of sp³-hybridized carbons (Fsp3) is 0.462. The molecule has 1 unspecified atom stereocenters. The van der Waals surface area contributed by atoms with E-state index in [1.807, 2.05) is 47.0 Å². The lowest BCUT2D eigenvalue weighted by Crippen LogP contribution is -2.41. The average molecular weight is 450 g/mol. The molecule has 168 valence electrons. The van der Waals surface area contributed by atoms with Crippen molar-refractivity contribution in [2.45, 2.75) is 67.8 Å². The third kappa shape index (κ3) is 5.18. The lowest BCUT2D eigenvalue weighted by atomic mass is 10.1. The van der Waals surface area contributed by atoms with E-state index < -0.39 is 0 Å². The van der Waals surface area contributed by atoms with Gasteiger partial charge in [-0.1, -0.05) is 31.2 Å². The number of thioether (sulfide) groups is 1. The number of para-hydroxylation sites is 1. The van der Waals surface area contributed by atoms with Gasteiger partial charge in [0, 0.05) is 40.9 Å².